The zero-order valence-electron chi connectivity index (χ0n) is 9.64. The second-order valence-electron chi connectivity index (χ2n) is 3.00. The highest BCUT2D eigenvalue weighted by Gasteiger charge is 1.77. The lowest BCUT2D eigenvalue weighted by molar-refractivity contribution is 0.737. The smallest absolute Gasteiger partial charge is 0.0174 e. The first-order valence-corrected chi connectivity index (χ1v) is 4.56. The van der Waals surface area contributed by atoms with Gasteiger partial charge in [0.15, 0.2) is 0 Å². The topological polar surface area (TPSA) is 26.0 Å². The third-order valence-corrected chi connectivity index (χ3v) is 0.869. The molecule has 0 spiro atoms. The van der Waals surface area contributed by atoms with Gasteiger partial charge in [-0.1, -0.05) is 39.5 Å². The normalized spacial score (nSPS) is 9.23. The maximum Gasteiger partial charge on any atom is 0.0174 e. The Labute approximate surface area is 84.0 Å². The molecule has 1 nitrogen and oxygen atoms in total. The highest BCUT2D eigenvalue weighted by molar-refractivity contribution is 5.15. The van der Waals surface area contributed by atoms with Crippen molar-refractivity contribution >= 4 is 0 Å². The van der Waals surface area contributed by atoms with Gasteiger partial charge in [0.2, 0.25) is 0 Å². The van der Waals surface area contributed by atoms with Crippen LogP contribution < -0.4 is 5.73 Å². The Bertz CT molecular complexity index is 120. The van der Waals surface area contributed by atoms with Gasteiger partial charge in [-0.05, 0) is 18.4 Å². The number of rotatable bonds is 2. The van der Waals surface area contributed by atoms with E-state index >= 15 is 0 Å². The molecule has 0 aromatic carbocycles. The molecule has 0 aliphatic rings. The summed E-state index contributed by atoms with van der Waals surface area (Å²) >= 11 is 0. The predicted molar refractivity (Wildman–Crippen MR) is 64.8 cm³/mol. The van der Waals surface area contributed by atoms with E-state index in [-0.39, 0.29) is 0 Å². The molecule has 13 heavy (non-hydrogen) atoms. The Kier molecular flexibility index (Phi) is 24.1. The Morgan fingerprint density at radius 1 is 1.31 bits per heavy atom. The number of nitrogens with two attached hydrogens (primary N) is 1. The van der Waals surface area contributed by atoms with E-state index in [9.17, 15) is 0 Å². The van der Waals surface area contributed by atoms with Gasteiger partial charge < -0.3 is 5.73 Å². The summed E-state index contributed by atoms with van der Waals surface area (Å²) in [5, 5.41) is 0. The van der Waals surface area contributed by atoms with Gasteiger partial charge in [-0.25, -0.2) is 0 Å². The fourth-order valence-corrected chi connectivity index (χ4v) is 0.319. The molecule has 0 aromatic rings. The second kappa shape index (κ2) is 17.3. The minimum absolute atomic E-state index is 0.597. The van der Waals surface area contributed by atoms with Crippen molar-refractivity contribution < 1.29 is 0 Å². The van der Waals surface area contributed by atoms with Gasteiger partial charge in [-0.3, -0.25) is 0 Å². The van der Waals surface area contributed by atoms with Crippen molar-refractivity contribution in [1.82, 2.24) is 0 Å². The van der Waals surface area contributed by atoms with Gasteiger partial charge in [0.05, 0.1) is 0 Å². The first-order chi connectivity index (χ1) is 6.08. The summed E-state index contributed by atoms with van der Waals surface area (Å²) in [6, 6.07) is 0. The molecule has 0 saturated carbocycles. The van der Waals surface area contributed by atoms with Crippen molar-refractivity contribution in [2.75, 3.05) is 6.54 Å². The maximum absolute atomic E-state index is 5.25. The van der Waals surface area contributed by atoms with Crippen LogP contribution in [0.25, 0.3) is 0 Å². The lowest BCUT2D eigenvalue weighted by Crippen LogP contribution is -1.99. The standard InChI is InChI=1S/C6H11N.C4H10.C2H4/c1-3-6(4-2)5-7;1-4(2)3;1-2/h3-4H,1,5,7H2,2H3;4H,1-3H3;1-2H2/b6-4+;;. The third kappa shape index (κ3) is 35.1. The molecule has 0 amide bonds. The SMILES string of the molecule is C=C.C=C/C(=C\C)CN.CC(C)C. The number of hydrogen-bond donors (Lipinski definition) is 1. The first kappa shape index (κ1) is 18.1. The molecule has 78 valence electrons. The molecular weight excluding hydrogens is 158 g/mol. The van der Waals surface area contributed by atoms with Gasteiger partial charge in [0.25, 0.3) is 0 Å². The van der Waals surface area contributed by atoms with Crippen molar-refractivity contribution in [2.24, 2.45) is 11.7 Å². The predicted octanol–water partition coefficient (Wildman–Crippen LogP) is 3.54. The molecule has 0 heterocycles. The van der Waals surface area contributed by atoms with Crippen LogP contribution in [0.5, 0.6) is 0 Å². The molecule has 0 unspecified atom stereocenters. The first-order valence-electron chi connectivity index (χ1n) is 4.56. The summed E-state index contributed by atoms with van der Waals surface area (Å²) in [4.78, 5) is 0. The summed E-state index contributed by atoms with van der Waals surface area (Å²) in [6.07, 6.45) is 3.72. The van der Waals surface area contributed by atoms with Crippen LogP contribution in [0.1, 0.15) is 27.7 Å². The zero-order chi connectivity index (χ0) is 11.3. The average Bonchev–Trinajstić information content (AvgIpc) is 2.10. The van der Waals surface area contributed by atoms with Crippen LogP contribution in [-0.2, 0) is 0 Å². The van der Waals surface area contributed by atoms with Crippen LogP contribution in [0.3, 0.4) is 0 Å². The molecule has 2 N–H and O–H groups in total. The van der Waals surface area contributed by atoms with E-state index in [1.165, 1.54) is 0 Å². The van der Waals surface area contributed by atoms with Crippen molar-refractivity contribution in [3.8, 4) is 0 Å². The van der Waals surface area contributed by atoms with Crippen LogP contribution in [0.2, 0.25) is 0 Å². The van der Waals surface area contributed by atoms with E-state index in [1.807, 2.05) is 13.0 Å². The van der Waals surface area contributed by atoms with Crippen molar-refractivity contribution in [3.63, 3.8) is 0 Å². The van der Waals surface area contributed by atoms with Crippen LogP contribution in [0, 0.1) is 5.92 Å². The summed E-state index contributed by atoms with van der Waals surface area (Å²) in [5.41, 5.74) is 6.35. The fraction of sp³-hybridized carbons (Fsp3) is 0.500. The van der Waals surface area contributed by atoms with Crippen LogP contribution in [0.4, 0.5) is 0 Å². The van der Waals surface area contributed by atoms with Crippen LogP contribution in [0.15, 0.2) is 37.5 Å². The van der Waals surface area contributed by atoms with Crippen molar-refractivity contribution in [1.29, 1.82) is 0 Å². The van der Waals surface area contributed by atoms with E-state index in [0.717, 1.165) is 11.5 Å². The van der Waals surface area contributed by atoms with Gasteiger partial charge in [0, 0.05) is 6.54 Å². The largest absolute Gasteiger partial charge is 0.327 e. The molecule has 0 rings (SSSR count). The van der Waals surface area contributed by atoms with E-state index in [0.29, 0.717) is 6.54 Å². The van der Waals surface area contributed by atoms with Crippen molar-refractivity contribution in [2.45, 2.75) is 27.7 Å². The minimum Gasteiger partial charge on any atom is -0.327 e. The van der Waals surface area contributed by atoms with E-state index in [1.54, 1.807) is 6.08 Å². The average molecular weight is 183 g/mol. The quantitative estimate of drug-likeness (QED) is 0.514. The molecular formula is C12H25N. The Balaban J connectivity index is -0.000000142. The monoisotopic (exact) mass is 183 g/mol. The van der Waals surface area contributed by atoms with E-state index in [2.05, 4.69) is 40.5 Å². The summed E-state index contributed by atoms with van der Waals surface area (Å²) < 4.78 is 0. The Morgan fingerprint density at radius 2 is 1.62 bits per heavy atom. The second-order valence-corrected chi connectivity index (χ2v) is 3.00. The van der Waals surface area contributed by atoms with Crippen LogP contribution >= 0.6 is 0 Å². The summed E-state index contributed by atoms with van der Waals surface area (Å²) in [5.74, 6) is 0.833. The molecule has 0 saturated heterocycles. The number of hydrogen-bond acceptors (Lipinski definition) is 1. The Morgan fingerprint density at radius 3 is 1.62 bits per heavy atom. The van der Waals surface area contributed by atoms with E-state index < -0.39 is 0 Å². The highest BCUT2D eigenvalue weighted by atomic mass is 14.5. The highest BCUT2D eigenvalue weighted by Crippen LogP contribution is 1.88. The van der Waals surface area contributed by atoms with Crippen molar-refractivity contribution in [3.05, 3.63) is 37.5 Å². The Hall–Kier alpha value is -0.820. The lowest BCUT2D eigenvalue weighted by atomic mass is 10.2. The summed E-state index contributed by atoms with van der Waals surface area (Å²) in [7, 11) is 0. The molecule has 1 heteroatoms. The lowest BCUT2D eigenvalue weighted by Gasteiger charge is -1.88. The molecule has 0 fully saturated rings. The molecule has 0 atom stereocenters. The summed E-state index contributed by atoms with van der Waals surface area (Å²) in [6.45, 7) is 18.6. The van der Waals surface area contributed by atoms with Gasteiger partial charge in [-0.2, -0.15) is 0 Å². The van der Waals surface area contributed by atoms with Gasteiger partial charge >= 0.3 is 0 Å². The number of allylic oxidation sites excluding steroid dienone is 1. The van der Waals surface area contributed by atoms with Crippen LogP contribution in [-0.4, -0.2) is 6.54 Å². The maximum atomic E-state index is 5.25. The van der Waals surface area contributed by atoms with E-state index in [4.69, 9.17) is 5.73 Å². The minimum atomic E-state index is 0.597. The van der Waals surface area contributed by atoms with Gasteiger partial charge in [-0.15, -0.1) is 13.2 Å². The molecule has 0 aliphatic heterocycles. The fourth-order valence-electron chi connectivity index (χ4n) is 0.319. The zero-order valence-corrected chi connectivity index (χ0v) is 9.64. The molecule has 0 aliphatic carbocycles. The molecule has 0 bridgehead atoms. The molecule has 0 radical (unpaired) electrons. The third-order valence-electron chi connectivity index (χ3n) is 0.869. The van der Waals surface area contributed by atoms with Gasteiger partial charge in [0.1, 0.15) is 0 Å². The molecule has 0 aromatic heterocycles.